The molecular weight excluding hydrogens is 454 g/mol. The largest absolute Gasteiger partial charge is 0.484 e. The van der Waals surface area contributed by atoms with E-state index in [1.54, 1.807) is 6.07 Å². The highest BCUT2D eigenvalue weighted by atomic mass is 35.5. The third-order valence-electron chi connectivity index (χ3n) is 5.30. The Morgan fingerprint density at radius 1 is 0.970 bits per heavy atom. The first-order chi connectivity index (χ1) is 15.9. The van der Waals surface area contributed by atoms with Crippen LogP contribution in [-0.2, 0) is 13.7 Å². The van der Waals surface area contributed by atoms with E-state index < -0.39 is 5.25 Å². The Labute approximate surface area is 202 Å². The van der Waals surface area contributed by atoms with Crippen molar-refractivity contribution in [2.75, 3.05) is 0 Å². The van der Waals surface area contributed by atoms with Crippen molar-refractivity contribution in [2.45, 2.75) is 30.9 Å². The molecule has 5 nitrogen and oxygen atoms in total. The minimum atomic E-state index is -0.450. The number of rotatable bonds is 8. The van der Waals surface area contributed by atoms with E-state index in [0.29, 0.717) is 27.3 Å². The van der Waals surface area contributed by atoms with Crippen LogP contribution in [0.2, 0.25) is 5.02 Å². The number of Topliss-reactive ketones (excluding diaryl/α,β-unsaturated/α-hetero) is 1. The maximum Gasteiger partial charge on any atom is 0.192 e. The zero-order chi connectivity index (χ0) is 23.4. The van der Waals surface area contributed by atoms with E-state index in [4.69, 9.17) is 16.3 Å². The first-order valence-electron chi connectivity index (χ1n) is 10.5. The van der Waals surface area contributed by atoms with Crippen molar-refractivity contribution in [3.05, 3.63) is 106 Å². The topological polar surface area (TPSA) is 57.0 Å². The first-order valence-corrected chi connectivity index (χ1v) is 11.8. The summed E-state index contributed by atoms with van der Waals surface area (Å²) >= 11 is 7.56. The maximum atomic E-state index is 13.5. The second kappa shape index (κ2) is 10.2. The van der Waals surface area contributed by atoms with Crippen molar-refractivity contribution in [3.63, 3.8) is 0 Å². The Bertz CT molecular complexity index is 1250. The van der Waals surface area contributed by atoms with Gasteiger partial charge in [-0.05, 0) is 31.5 Å². The molecule has 1 aromatic heterocycles. The fourth-order valence-corrected chi connectivity index (χ4v) is 4.56. The number of ether oxygens (including phenoxy) is 1. The lowest BCUT2D eigenvalue weighted by atomic mass is 10.0. The zero-order valence-electron chi connectivity index (χ0n) is 18.7. The predicted octanol–water partition coefficient (Wildman–Crippen LogP) is 6.38. The number of carbonyl (C=O) groups excluding carboxylic acids is 1. The predicted molar refractivity (Wildman–Crippen MR) is 132 cm³/mol. The zero-order valence-corrected chi connectivity index (χ0v) is 20.2. The van der Waals surface area contributed by atoms with Crippen LogP contribution < -0.4 is 4.74 Å². The number of benzene rings is 3. The Balaban J connectivity index is 1.58. The number of aromatic nitrogens is 3. The van der Waals surface area contributed by atoms with Gasteiger partial charge >= 0.3 is 0 Å². The van der Waals surface area contributed by atoms with Crippen molar-refractivity contribution >= 4 is 29.1 Å². The minimum Gasteiger partial charge on any atom is -0.484 e. The van der Waals surface area contributed by atoms with Gasteiger partial charge in [0.1, 0.15) is 17.6 Å². The quantitative estimate of drug-likeness (QED) is 0.217. The van der Waals surface area contributed by atoms with Crippen molar-refractivity contribution in [1.29, 1.82) is 0 Å². The van der Waals surface area contributed by atoms with Gasteiger partial charge in [0, 0.05) is 12.6 Å². The first kappa shape index (κ1) is 23.1. The Morgan fingerprint density at radius 2 is 1.61 bits per heavy atom. The summed E-state index contributed by atoms with van der Waals surface area (Å²) in [5.41, 5.74) is 3.85. The van der Waals surface area contributed by atoms with Gasteiger partial charge in [0.05, 0.1) is 5.02 Å². The molecule has 0 saturated heterocycles. The highest BCUT2D eigenvalue weighted by Gasteiger charge is 2.26. The molecule has 1 unspecified atom stereocenters. The van der Waals surface area contributed by atoms with Crippen molar-refractivity contribution in [3.8, 4) is 5.75 Å². The Morgan fingerprint density at radius 3 is 2.27 bits per heavy atom. The van der Waals surface area contributed by atoms with Crippen LogP contribution in [0.3, 0.4) is 0 Å². The van der Waals surface area contributed by atoms with Crippen molar-refractivity contribution < 1.29 is 9.53 Å². The number of aryl methyl sites for hydroxylation is 2. The fourth-order valence-electron chi connectivity index (χ4n) is 3.27. The molecule has 33 heavy (non-hydrogen) atoms. The molecule has 1 atom stereocenters. The van der Waals surface area contributed by atoms with E-state index in [9.17, 15) is 4.79 Å². The summed E-state index contributed by atoms with van der Waals surface area (Å²) in [4.78, 5) is 13.5. The highest BCUT2D eigenvalue weighted by molar-refractivity contribution is 8.00. The number of thioether (sulfide) groups is 1. The van der Waals surface area contributed by atoms with Gasteiger partial charge in [0.15, 0.2) is 16.8 Å². The number of ketones is 1. The number of nitrogens with zero attached hydrogens (tertiary/aromatic N) is 3. The summed E-state index contributed by atoms with van der Waals surface area (Å²) in [5.74, 6) is 1.26. The SMILES string of the molecule is Cc1ccc(C(=O)C(Sc2nnc(COc3ccccc3Cl)n2C)c2ccc(C)cc2)cc1. The molecule has 4 aromatic rings. The molecule has 4 rings (SSSR count). The second-order valence-electron chi connectivity index (χ2n) is 7.82. The summed E-state index contributed by atoms with van der Waals surface area (Å²) in [7, 11) is 1.87. The third-order valence-corrected chi connectivity index (χ3v) is 6.90. The second-order valence-corrected chi connectivity index (χ2v) is 9.30. The number of para-hydroxylation sites is 1. The van der Waals surface area contributed by atoms with E-state index in [0.717, 1.165) is 16.7 Å². The van der Waals surface area contributed by atoms with Crippen molar-refractivity contribution in [2.24, 2.45) is 7.05 Å². The molecule has 0 fully saturated rings. The van der Waals surface area contributed by atoms with E-state index in [1.807, 2.05) is 92.2 Å². The lowest BCUT2D eigenvalue weighted by Gasteiger charge is -2.16. The number of hydrogen-bond acceptors (Lipinski definition) is 5. The van der Waals surface area contributed by atoms with Crippen LogP contribution in [0.5, 0.6) is 5.75 Å². The number of carbonyl (C=O) groups is 1. The van der Waals surface area contributed by atoms with Crippen LogP contribution in [0, 0.1) is 13.8 Å². The van der Waals surface area contributed by atoms with E-state index in [1.165, 1.54) is 11.8 Å². The standard InChI is InChI=1S/C26H24ClN3O2S/c1-17-8-12-19(13-9-17)24(31)25(20-14-10-18(2)11-15-20)33-26-29-28-23(30(26)3)16-32-22-7-5-4-6-21(22)27/h4-15,25H,16H2,1-3H3. The molecule has 0 aliphatic heterocycles. The molecule has 0 bridgehead atoms. The van der Waals surface area contributed by atoms with Gasteiger partial charge in [-0.15, -0.1) is 10.2 Å². The monoisotopic (exact) mass is 477 g/mol. The average Bonchev–Trinajstić information content (AvgIpc) is 3.17. The molecule has 0 radical (unpaired) electrons. The van der Waals surface area contributed by atoms with Gasteiger partial charge in [-0.25, -0.2) is 0 Å². The van der Waals surface area contributed by atoms with Crippen LogP contribution in [0.25, 0.3) is 0 Å². The number of hydrogen-bond donors (Lipinski definition) is 0. The normalized spacial score (nSPS) is 11.9. The summed E-state index contributed by atoms with van der Waals surface area (Å²) in [6.07, 6.45) is 0. The summed E-state index contributed by atoms with van der Waals surface area (Å²) in [5, 5.41) is 9.34. The molecule has 168 valence electrons. The lowest BCUT2D eigenvalue weighted by Crippen LogP contribution is -2.11. The van der Waals surface area contributed by atoms with E-state index >= 15 is 0 Å². The maximum absolute atomic E-state index is 13.5. The van der Waals surface area contributed by atoms with Crippen LogP contribution >= 0.6 is 23.4 Å². The average molecular weight is 478 g/mol. The molecule has 0 saturated carbocycles. The highest BCUT2D eigenvalue weighted by Crippen LogP contribution is 2.37. The molecule has 0 aliphatic carbocycles. The van der Waals surface area contributed by atoms with Gasteiger partial charge in [-0.1, -0.05) is 95.2 Å². The van der Waals surface area contributed by atoms with Crippen LogP contribution in [0.15, 0.2) is 78.0 Å². The van der Waals surface area contributed by atoms with Crippen molar-refractivity contribution in [1.82, 2.24) is 14.8 Å². The molecule has 0 spiro atoms. The molecule has 0 N–H and O–H groups in total. The van der Waals surface area contributed by atoms with E-state index in [-0.39, 0.29) is 12.4 Å². The summed E-state index contributed by atoms with van der Waals surface area (Å²) < 4.78 is 7.67. The molecule has 1 heterocycles. The van der Waals surface area contributed by atoms with Gasteiger partial charge in [-0.2, -0.15) is 0 Å². The molecule has 0 amide bonds. The van der Waals surface area contributed by atoms with Gasteiger partial charge in [0.25, 0.3) is 0 Å². The number of halogens is 1. The summed E-state index contributed by atoms with van der Waals surface area (Å²) in [6, 6.07) is 23.0. The Kier molecular flexibility index (Phi) is 7.16. The third kappa shape index (κ3) is 5.46. The minimum absolute atomic E-state index is 0.0284. The van der Waals surface area contributed by atoms with Crippen LogP contribution in [-0.4, -0.2) is 20.5 Å². The van der Waals surface area contributed by atoms with Gasteiger partial charge < -0.3 is 9.30 Å². The van der Waals surface area contributed by atoms with Gasteiger partial charge in [-0.3, -0.25) is 4.79 Å². The lowest BCUT2D eigenvalue weighted by molar-refractivity contribution is 0.0989. The molecule has 3 aromatic carbocycles. The van der Waals surface area contributed by atoms with Crippen LogP contribution in [0.1, 0.15) is 38.1 Å². The van der Waals surface area contributed by atoms with Gasteiger partial charge in [0.2, 0.25) is 0 Å². The molecular formula is C26H24ClN3O2S. The van der Waals surface area contributed by atoms with Crippen LogP contribution in [0.4, 0.5) is 0 Å². The smallest absolute Gasteiger partial charge is 0.192 e. The van der Waals surface area contributed by atoms with E-state index in [2.05, 4.69) is 10.2 Å². The summed E-state index contributed by atoms with van der Waals surface area (Å²) in [6.45, 7) is 4.25. The fraction of sp³-hybridized carbons (Fsp3) is 0.192. The molecule has 7 heteroatoms. The molecule has 0 aliphatic rings. The Hall–Kier alpha value is -3.09.